The van der Waals surface area contributed by atoms with E-state index in [1.54, 1.807) is 23.7 Å². The van der Waals surface area contributed by atoms with Crippen LogP contribution in [0, 0.1) is 0 Å². The van der Waals surface area contributed by atoms with Gasteiger partial charge in [-0.25, -0.2) is 0 Å². The Balaban J connectivity index is 1.91. The van der Waals surface area contributed by atoms with Crippen molar-refractivity contribution in [3.8, 4) is 0 Å². The van der Waals surface area contributed by atoms with Crippen LogP contribution in [0.2, 0.25) is 0 Å². The van der Waals surface area contributed by atoms with Crippen LogP contribution in [-0.4, -0.2) is 20.0 Å². The quantitative estimate of drug-likeness (QED) is 0.795. The van der Waals surface area contributed by atoms with Gasteiger partial charge < -0.3 is 9.13 Å². The fourth-order valence-electron chi connectivity index (χ4n) is 2.42. The molecule has 2 heterocycles. The third-order valence-corrected chi connectivity index (χ3v) is 3.67. The largest absolute Gasteiger partial charge is 0.354 e. The second-order valence-electron chi connectivity index (χ2n) is 5.15. The molecule has 0 radical (unpaired) electrons. The van der Waals surface area contributed by atoms with E-state index in [1.807, 2.05) is 42.1 Å². The van der Waals surface area contributed by atoms with Gasteiger partial charge in [-0.05, 0) is 24.3 Å². The number of anilines is 1. The molecule has 22 heavy (non-hydrogen) atoms. The van der Waals surface area contributed by atoms with Crippen LogP contribution in [0.1, 0.15) is 5.69 Å². The molecule has 112 valence electrons. The van der Waals surface area contributed by atoms with Crippen molar-refractivity contribution in [2.45, 2.75) is 6.42 Å². The Morgan fingerprint density at radius 1 is 1.18 bits per heavy atom. The summed E-state index contributed by atoms with van der Waals surface area (Å²) in [6.45, 7) is 0. The molecule has 0 spiro atoms. The number of carbonyl (C=O) groups is 1. The molecule has 0 atom stereocenters. The van der Waals surface area contributed by atoms with Gasteiger partial charge in [-0.15, -0.1) is 0 Å². The summed E-state index contributed by atoms with van der Waals surface area (Å²) in [6.07, 6.45) is 2.11. The van der Waals surface area contributed by atoms with E-state index in [1.165, 1.54) is 0 Å². The maximum absolute atomic E-state index is 12.2. The molecule has 0 fully saturated rings. The second kappa shape index (κ2) is 5.48. The molecule has 6 nitrogen and oxygen atoms in total. The highest BCUT2D eigenvalue weighted by molar-refractivity contribution is 5.91. The van der Waals surface area contributed by atoms with Crippen molar-refractivity contribution >= 4 is 22.8 Å². The van der Waals surface area contributed by atoms with Gasteiger partial charge >= 0.3 is 0 Å². The van der Waals surface area contributed by atoms with Crippen LogP contribution >= 0.6 is 0 Å². The molecule has 0 aliphatic carbocycles. The molecule has 0 aliphatic heterocycles. The molecule has 6 heteroatoms. The van der Waals surface area contributed by atoms with Crippen molar-refractivity contribution in [3.05, 3.63) is 58.6 Å². The minimum absolute atomic E-state index is 0.209. The summed E-state index contributed by atoms with van der Waals surface area (Å²) in [4.78, 5) is 28.1. The van der Waals surface area contributed by atoms with E-state index in [4.69, 9.17) is 0 Å². The summed E-state index contributed by atoms with van der Waals surface area (Å²) in [7, 11) is 3.65. The first-order valence-electron chi connectivity index (χ1n) is 6.92. The number of hydrogen-bond donors (Lipinski definition) is 1. The Kier molecular flexibility index (Phi) is 3.50. The minimum atomic E-state index is -0.345. The molecular formula is C16H16N4O2. The van der Waals surface area contributed by atoms with Crippen LogP contribution in [-0.2, 0) is 25.3 Å². The first-order chi connectivity index (χ1) is 10.6. The monoisotopic (exact) mass is 296 g/mol. The van der Waals surface area contributed by atoms with Crippen LogP contribution in [0.15, 0.2) is 47.4 Å². The molecule has 0 unspecified atom stereocenters. The standard InChI is InChI=1S/C16H16N4O2/c1-19-9-5-6-11(19)10-14(21)17-16-18-15(22)12-7-3-4-8-13(12)20(16)2/h3-9H,10H2,1-2H3,(H,17,18,21,22). The van der Waals surface area contributed by atoms with Gasteiger partial charge in [-0.3, -0.25) is 14.9 Å². The van der Waals surface area contributed by atoms with E-state index in [0.717, 1.165) is 11.2 Å². The van der Waals surface area contributed by atoms with E-state index in [2.05, 4.69) is 10.3 Å². The van der Waals surface area contributed by atoms with Gasteiger partial charge in [0.15, 0.2) is 0 Å². The normalized spacial score (nSPS) is 10.8. The third kappa shape index (κ3) is 2.50. The van der Waals surface area contributed by atoms with Gasteiger partial charge in [0, 0.05) is 26.0 Å². The van der Waals surface area contributed by atoms with E-state index >= 15 is 0 Å². The van der Waals surface area contributed by atoms with Crippen molar-refractivity contribution in [1.29, 1.82) is 0 Å². The van der Waals surface area contributed by atoms with Crippen LogP contribution in [0.4, 0.5) is 5.95 Å². The maximum Gasteiger partial charge on any atom is 0.282 e. The molecule has 0 saturated carbocycles. The smallest absolute Gasteiger partial charge is 0.282 e. The van der Waals surface area contributed by atoms with Crippen molar-refractivity contribution in [3.63, 3.8) is 0 Å². The number of aromatic nitrogens is 3. The lowest BCUT2D eigenvalue weighted by Crippen LogP contribution is -2.23. The van der Waals surface area contributed by atoms with Crippen LogP contribution < -0.4 is 10.9 Å². The van der Waals surface area contributed by atoms with E-state index in [0.29, 0.717) is 5.39 Å². The Labute approximate surface area is 127 Å². The van der Waals surface area contributed by atoms with Crippen molar-refractivity contribution in [2.75, 3.05) is 5.32 Å². The van der Waals surface area contributed by atoms with Crippen LogP contribution in [0.3, 0.4) is 0 Å². The van der Waals surface area contributed by atoms with Crippen molar-refractivity contribution in [2.24, 2.45) is 14.1 Å². The predicted molar refractivity (Wildman–Crippen MR) is 84.7 cm³/mol. The molecule has 0 saturated heterocycles. The van der Waals surface area contributed by atoms with E-state index in [-0.39, 0.29) is 23.8 Å². The molecule has 3 rings (SSSR count). The second-order valence-corrected chi connectivity index (χ2v) is 5.15. The number of aryl methyl sites for hydroxylation is 2. The Morgan fingerprint density at radius 3 is 2.68 bits per heavy atom. The Morgan fingerprint density at radius 2 is 1.95 bits per heavy atom. The highest BCUT2D eigenvalue weighted by Gasteiger charge is 2.12. The van der Waals surface area contributed by atoms with Crippen molar-refractivity contribution < 1.29 is 4.79 Å². The van der Waals surface area contributed by atoms with E-state index < -0.39 is 0 Å². The summed E-state index contributed by atoms with van der Waals surface area (Å²) in [5.74, 6) is 0.0440. The Bertz CT molecular complexity index is 908. The van der Waals surface area contributed by atoms with Crippen LogP contribution in [0.25, 0.3) is 10.9 Å². The highest BCUT2D eigenvalue weighted by Crippen LogP contribution is 2.12. The number of carbonyl (C=O) groups excluding carboxylic acids is 1. The molecule has 1 amide bonds. The first kappa shape index (κ1) is 14.1. The molecular weight excluding hydrogens is 280 g/mol. The SMILES string of the molecule is Cn1cccc1CC(=O)Nc1nc(=O)c2ccccc2n1C. The fraction of sp³-hybridized carbons (Fsp3) is 0.188. The highest BCUT2D eigenvalue weighted by atomic mass is 16.2. The summed E-state index contributed by atoms with van der Waals surface area (Å²) < 4.78 is 3.59. The molecule has 1 N–H and O–H groups in total. The number of rotatable bonds is 3. The van der Waals surface area contributed by atoms with Gasteiger partial charge in [-0.2, -0.15) is 4.98 Å². The van der Waals surface area contributed by atoms with Gasteiger partial charge in [0.05, 0.1) is 17.3 Å². The van der Waals surface area contributed by atoms with E-state index in [9.17, 15) is 9.59 Å². The zero-order chi connectivity index (χ0) is 15.7. The lowest BCUT2D eigenvalue weighted by atomic mass is 10.2. The van der Waals surface area contributed by atoms with Gasteiger partial charge in [0.25, 0.3) is 5.56 Å². The fourth-order valence-corrected chi connectivity index (χ4v) is 2.42. The number of benzene rings is 1. The summed E-state index contributed by atoms with van der Waals surface area (Å²) in [5, 5.41) is 3.24. The molecule has 2 aromatic heterocycles. The van der Waals surface area contributed by atoms with Gasteiger partial charge in [0.1, 0.15) is 0 Å². The molecule has 0 aliphatic rings. The third-order valence-electron chi connectivity index (χ3n) is 3.67. The summed E-state index contributed by atoms with van der Waals surface area (Å²) in [5.41, 5.74) is 1.28. The maximum atomic E-state index is 12.2. The zero-order valence-electron chi connectivity index (χ0n) is 12.4. The predicted octanol–water partition coefficient (Wildman–Crippen LogP) is 1.45. The zero-order valence-corrected chi connectivity index (χ0v) is 12.4. The van der Waals surface area contributed by atoms with Crippen LogP contribution in [0.5, 0.6) is 0 Å². The molecule has 1 aromatic carbocycles. The summed E-state index contributed by atoms with van der Waals surface area (Å²) >= 11 is 0. The lowest BCUT2D eigenvalue weighted by molar-refractivity contribution is -0.115. The topological polar surface area (TPSA) is 68.9 Å². The van der Waals surface area contributed by atoms with Gasteiger partial charge in [-0.1, -0.05) is 12.1 Å². The first-order valence-corrected chi connectivity index (χ1v) is 6.92. The van der Waals surface area contributed by atoms with Gasteiger partial charge in [0.2, 0.25) is 11.9 Å². The average Bonchev–Trinajstić information content (AvgIpc) is 2.90. The summed E-state index contributed by atoms with van der Waals surface area (Å²) in [6, 6.07) is 10.9. The number of hydrogen-bond acceptors (Lipinski definition) is 3. The lowest BCUT2D eigenvalue weighted by Gasteiger charge is -2.12. The molecule has 3 aromatic rings. The van der Waals surface area contributed by atoms with Crippen molar-refractivity contribution in [1.82, 2.24) is 14.1 Å². The molecule has 0 bridgehead atoms. The number of para-hydroxylation sites is 1. The average molecular weight is 296 g/mol. The number of amides is 1. The number of nitrogens with one attached hydrogen (secondary N) is 1. The minimum Gasteiger partial charge on any atom is -0.354 e. The number of fused-ring (bicyclic) bond motifs is 1. The Hall–Kier alpha value is -2.89. The number of nitrogens with zero attached hydrogens (tertiary/aromatic N) is 3.